The Bertz CT molecular complexity index is 1090. The first-order chi connectivity index (χ1) is 14.8. The number of benzene rings is 1. The maximum Gasteiger partial charge on any atom is 0.233 e. The van der Waals surface area contributed by atoms with E-state index in [9.17, 15) is 5.11 Å². The van der Waals surface area contributed by atoms with E-state index in [1.54, 1.807) is 47.6 Å². The standard InChI is InChI=1S/C23H26FN5O2/c1-22-8-9-23(2,28(3)13-22)20(24)21(22)31-19-7-6-17(26-27-19)16-5-4-15(12-18(16)30)29-11-10-25-14-29/h4-7,10-12,14,20-21,30H,8-9,13H2,1-3H3/t20-,21+,22-,23-/m0/s1. The molecule has 162 valence electrons. The van der Waals surface area contributed by atoms with E-state index >= 15 is 4.39 Å². The van der Waals surface area contributed by atoms with Crippen LogP contribution in [-0.4, -0.2) is 61.2 Å². The molecule has 1 N–H and O–H groups in total. The smallest absolute Gasteiger partial charge is 0.233 e. The molecule has 0 spiro atoms. The van der Waals surface area contributed by atoms with Gasteiger partial charge in [0.1, 0.15) is 11.9 Å². The molecule has 1 saturated carbocycles. The van der Waals surface area contributed by atoms with E-state index in [-0.39, 0.29) is 11.2 Å². The van der Waals surface area contributed by atoms with Crippen LogP contribution in [0.1, 0.15) is 26.7 Å². The number of fused-ring (bicyclic) bond motifs is 3. The number of halogens is 1. The minimum Gasteiger partial charge on any atom is -0.507 e. The molecule has 4 heterocycles. The summed E-state index contributed by atoms with van der Waals surface area (Å²) in [7, 11) is 1.99. The van der Waals surface area contributed by atoms with Gasteiger partial charge in [-0.3, -0.25) is 4.90 Å². The number of piperidine rings is 2. The average molecular weight is 423 g/mol. The molecular weight excluding hydrogens is 397 g/mol. The molecule has 2 aliphatic heterocycles. The zero-order valence-corrected chi connectivity index (χ0v) is 17.9. The summed E-state index contributed by atoms with van der Waals surface area (Å²) in [4.78, 5) is 6.13. The molecule has 0 amide bonds. The predicted octanol–water partition coefficient (Wildman–Crippen LogP) is 3.62. The van der Waals surface area contributed by atoms with E-state index in [1.165, 1.54) is 0 Å². The van der Waals surface area contributed by atoms with E-state index in [4.69, 9.17) is 4.74 Å². The molecule has 6 rings (SSSR count). The van der Waals surface area contributed by atoms with Gasteiger partial charge in [0, 0.05) is 42.0 Å². The second kappa shape index (κ2) is 7.02. The molecule has 31 heavy (non-hydrogen) atoms. The number of phenolic OH excluding ortho intramolecular Hbond substituents is 1. The van der Waals surface area contributed by atoms with Crippen LogP contribution in [0, 0.1) is 5.41 Å². The number of phenols is 1. The molecule has 4 atom stereocenters. The van der Waals surface area contributed by atoms with Crippen molar-refractivity contribution in [3.05, 3.63) is 49.1 Å². The zero-order valence-electron chi connectivity index (χ0n) is 17.9. The first kappa shape index (κ1) is 19.9. The highest BCUT2D eigenvalue weighted by Crippen LogP contribution is 2.51. The van der Waals surface area contributed by atoms with Crippen LogP contribution in [0.3, 0.4) is 0 Å². The SMILES string of the molecule is CN1C[C@]2(C)CC[C@@]1(C)[C@@H](F)[C@H]2Oc1ccc(-c2ccc(-n3ccnc3)cc2O)nn1. The molecule has 3 aliphatic rings. The Balaban J connectivity index is 1.36. The van der Waals surface area contributed by atoms with E-state index in [2.05, 4.69) is 27.0 Å². The van der Waals surface area contributed by atoms with Crippen LogP contribution < -0.4 is 4.74 Å². The first-order valence-corrected chi connectivity index (χ1v) is 10.5. The highest BCUT2D eigenvalue weighted by molar-refractivity contribution is 5.68. The summed E-state index contributed by atoms with van der Waals surface area (Å²) < 4.78 is 23.3. The Hall–Kier alpha value is -3.00. The summed E-state index contributed by atoms with van der Waals surface area (Å²) in [6.45, 7) is 4.84. The number of nitrogens with zero attached hydrogens (tertiary/aromatic N) is 5. The van der Waals surface area contributed by atoms with Crippen molar-refractivity contribution >= 4 is 0 Å². The number of ether oxygens (including phenoxy) is 1. The number of aromatic nitrogens is 4. The molecule has 2 saturated heterocycles. The van der Waals surface area contributed by atoms with Crippen molar-refractivity contribution in [3.8, 4) is 28.6 Å². The predicted molar refractivity (Wildman–Crippen MR) is 114 cm³/mol. The third-order valence-corrected chi connectivity index (χ3v) is 7.17. The normalized spacial score (nSPS) is 30.5. The van der Waals surface area contributed by atoms with E-state index in [0.29, 0.717) is 17.1 Å². The van der Waals surface area contributed by atoms with Gasteiger partial charge in [-0.15, -0.1) is 10.2 Å². The lowest BCUT2D eigenvalue weighted by molar-refractivity contribution is -0.177. The molecule has 8 heteroatoms. The highest BCUT2D eigenvalue weighted by Gasteiger charge is 2.61. The van der Waals surface area contributed by atoms with Crippen LogP contribution in [0.2, 0.25) is 0 Å². The van der Waals surface area contributed by atoms with Crippen molar-refractivity contribution in [1.82, 2.24) is 24.6 Å². The van der Waals surface area contributed by atoms with Crippen molar-refractivity contribution < 1.29 is 14.2 Å². The van der Waals surface area contributed by atoms with Gasteiger partial charge >= 0.3 is 0 Å². The van der Waals surface area contributed by atoms with E-state index < -0.39 is 17.8 Å². The fourth-order valence-electron chi connectivity index (χ4n) is 4.96. The molecule has 2 aromatic heterocycles. The molecular formula is C23H26FN5O2. The van der Waals surface area contributed by atoms with Crippen molar-refractivity contribution in [2.45, 2.75) is 44.5 Å². The van der Waals surface area contributed by atoms with Crippen molar-refractivity contribution in [3.63, 3.8) is 0 Å². The van der Waals surface area contributed by atoms with E-state index in [0.717, 1.165) is 25.1 Å². The van der Waals surface area contributed by atoms with Gasteiger partial charge in [0.05, 0.1) is 23.2 Å². The molecule has 3 fully saturated rings. The van der Waals surface area contributed by atoms with Crippen LogP contribution in [0.15, 0.2) is 49.1 Å². The minimum absolute atomic E-state index is 0.0889. The fraction of sp³-hybridized carbons (Fsp3) is 0.435. The maximum absolute atomic E-state index is 15.4. The summed E-state index contributed by atoms with van der Waals surface area (Å²) in [6, 6.07) is 8.72. The van der Waals surface area contributed by atoms with Crippen molar-refractivity contribution in [2.75, 3.05) is 13.6 Å². The van der Waals surface area contributed by atoms with Gasteiger partial charge in [0.25, 0.3) is 0 Å². The topological polar surface area (TPSA) is 76.3 Å². The molecule has 0 unspecified atom stereocenters. The molecule has 1 aliphatic carbocycles. The van der Waals surface area contributed by atoms with Gasteiger partial charge in [-0.2, -0.15) is 0 Å². The lowest BCUT2D eigenvalue weighted by Gasteiger charge is -2.61. The summed E-state index contributed by atoms with van der Waals surface area (Å²) >= 11 is 0. The maximum atomic E-state index is 15.4. The largest absolute Gasteiger partial charge is 0.507 e. The van der Waals surface area contributed by atoms with Crippen LogP contribution in [0.4, 0.5) is 4.39 Å². The monoisotopic (exact) mass is 423 g/mol. The number of hydrogen-bond donors (Lipinski definition) is 1. The Morgan fingerprint density at radius 2 is 2.00 bits per heavy atom. The second-order valence-corrected chi connectivity index (χ2v) is 9.24. The second-order valence-electron chi connectivity index (χ2n) is 9.24. The number of aromatic hydroxyl groups is 1. The lowest BCUT2D eigenvalue weighted by atomic mass is 9.60. The quantitative estimate of drug-likeness (QED) is 0.691. The van der Waals surface area contributed by atoms with Gasteiger partial charge in [-0.25, -0.2) is 9.37 Å². The molecule has 0 radical (unpaired) electrons. The molecule has 2 bridgehead atoms. The van der Waals surface area contributed by atoms with Gasteiger partial charge in [0.15, 0.2) is 6.17 Å². The number of imidazole rings is 1. The Morgan fingerprint density at radius 1 is 1.16 bits per heavy atom. The Labute approximate surface area is 180 Å². The Morgan fingerprint density at radius 3 is 2.65 bits per heavy atom. The molecule has 7 nitrogen and oxygen atoms in total. The summed E-state index contributed by atoms with van der Waals surface area (Å²) in [5.74, 6) is 0.386. The van der Waals surface area contributed by atoms with Crippen molar-refractivity contribution in [1.29, 1.82) is 0 Å². The van der Waals surface area contributed by atoms with E-state index in [1.807, 2.05) is 20.0 Å². The van der Waals surface area contributed by atoms with Crippen LogP contribution in [-0.2, 0) is 0 Å². The molecule has 1 aromatic carbocycles. The summed E-state index contributed by atoms with van der Waals surface area (Å²) in [5.41, 5.74) is 1.08. The van der Waals surface area contributed by atoms with Crippen LogP contribution >= 0.6 is 0 Å². The number of hydrogen-bond acceptors (Lipinski definition) is 6. The summed E-state index contributed by atoms with van der Waals surface area (Å²) in [6.07, 6.45) is 5.21. The van der Waals surface area contributed by atoms with Gasteiger partial charge < -0.3 is 14.4 Å². The van der Waals surface area contributed by atoms with Crippen LogP contribution in [0.5, 0.6) is 11.6 Å². The van der Waals surface area contributed by atoms with Gasteiger partial charge in [0.2, 0.25) is 5.88 Å². The highest BCUT2D eigenvalue weighted by atomic mass is 19.1. The fourth-order valence-corrected chi connectivity index (χ4v) is 4.96. The van der Waals surface area contributed by atoms with Crippen LogP contribution in [0.25, 0.3) is 16.9 Å². The third-order valence-electron chi connectivity index (χ3n) is 7.17. The van der Waals surface area contributed by atoms with Gasteiger partial charge in [-0.1, -0.05) is 6.92 Å². The van der Waals surface area contributed by atoms with Gasteiger partial charge in [-0.05, 0) is 45.0 Å². The lowest BCUT2D eigenvalue weighted by Crippen LogP contribution is -2.72. The first-order valence-electron chi connectivity index (χ1n) is 10.5. The van der Waals surface area contributed by atoms with Crippen molar-refractivity contribution in [2.24, 2.45) is 5.41 Å². The number of rotatable bonds is 4. The average Bonchev–Trinajstić information content (AvgIpc) is 3.29. The minimum atomic E-state index is -1.11. The number of alkyl halides is 1. The third kappa shape index (κ3) is 3.17. The Kier molecular flexibility index (Phi) is 4.51. The summed E-state index contributed by atoms with van der Waals surface area (Å²) in [5, 5.41) is 18.9. The molecule has 3 aromatic rings. The zero-order chi connectivity index (χ0) is 21.8.